The number of rotatable bonds is 4. The van der Waals surface area contributed by atoms with Gasteiger partial charge in [0.05, 0.1) is 32.6 Å². The molecule has 3 nitrogen and oxygen atoms in total. The van der Waals surface area contributed by atoms with Crippen LogP contribution >= 0.6 is 11.3 Å². The second-order valence-corrected chi connectivity index (χ2v) is 12.1. The third kappa shape index (κ3) is 3.89. The Morgan fingerprint density at radius 2 is 1.07 bits per heavy atom. The Morgan fingerprint density at radius 3 is 1.77 bits per heavy atom. The molecule has 9 aromatic rings. The first kappa shape index (κ1) is 25.0. The van der Waals surface area contributed by atoms with E-state index in [0.29, 0.717) is 0 Å². The maximum Gasteiger partial charge on any atom is 0.160 e. The number of fused-ring (bicyclic) bond motifs is 6. The number of aromatic nitrogens is 3. The summed E-state index contributed by atoms with van der Waals surface area (Å²) in [6, 6.07) is 53.7. The standard InChI is InChI=1S/C40H25N3S/c1-3-13-26(14-4-1)32-25-28(23-24-35(32)43-33-20-10-7-17-29(33)30-18-8-11-21-34(30)43)37-39-38(31-19-9-12-22-36(31)44-39)42-40(41-37)27-15-5-2-6-16-27/h1-25H. The van der Waals surface area contributed by atoms with Crippen LogP contribution in [0.1, 0.15) is 0 Å². The lowest BCUT2D eigenvalue weighted by molar-refractivity contribution is 1.18. The summed E-state index contributed by atoms with van der Waals surface area (Å²) in [5.41, 5.74) is 9.89. The van der Waals surface area contributed by atoms with Crippen molar-refractivity contribution in [3.8, 4) is 39.5 Å². The Bertz CT molecular complexity index is 2440. The van der Waals surface area contributed by atoms with Crippen molar-refractivity contribution in [1.82, 2.24) is 14.5 Å². The number of hydrogen-bond donors (Lipinski definition) is 0. The zero-order valence-electron chi connectivity index (χ0n) is 23.7. The molecule has 0 aliphatic heterocycles. The topological polar surface area (TPSA) is 30.7 Å². The van der Waals surface area contributed by atoms with Gasteiger partial charge in [-0.25, -0.2) is 9.97 Å². The molecule has 0 radical (unpaired) electrons. The van der Waals surface area contributed by atoms with Gasteiger partial charge < -0.3 is 4.57 Å². The van der Waals surface area contributed by atoms with Crippen molar-refractivity contribution in [1.29, 1.82) is 0 Å². The molecule has 0 saturated heterocycles. The Kier molecular flexibility index (Phi) is 5.68. The molecule has 6 aromatic carbocycles. The van der Waals surface area contributed by atoms with Gasteiger partial charge in [0.2, 0.25) is 0 Å². The summed E-state index contributed by atoms with van der Waals surface area (Å²) in [4.78, 5) is 10.4. The predicted octanol–water partition coefficient (Wildman–Crippen LogP) is 10.9. The lowest BCUT2D eigenvalue weighted by Crippen LogP contribution is -1.99. The van der Waals surface area contributed by atoms with Crippen LogP contribution in [0.2, 0.25) is 0 Å². The summed E-state index contributed by atoms with van der Waals surface area (Å²) in [5, 5.41) is 3.67. The third-order valence-electron chi connectivity index (χ3n) is 8.43. The summed E-state index contributed by atoms with van der Waals surface area (Å²) < 4.78 is 4.73. The fourth-order valence-corrected chi connectivity index (χ4v) is 7.57. The molecule has 206 valence electrons. The van der Waals surface area contributed by atoms with Gasteiger partial charge in [-0.05, 0) is 35.9 Å². The highest BCUT2D eigenvalue weighted by atomic mass is 32.1. The van der Waals surface area contributed by atoms with Crippen molar-refractivity contribution in [2.75, 3.05) is 0 Å². The first-order valence-electron chi connectivity index (χ1n) is 14.8. The molecule has 0 unspecified atom stereocenters. The molecule has 9 rings (SSSR count). The van der Waals surface area contributed by atoms with Crippen molar-refractivity contribution < 1.29 is 0 Å². The Morgan fingerprint density at radius 1 is 0.477 bits per heavy atom. The molecule has 0 aliphatic rings. The predicted molar refractivity (Wildman–Crippen MR) is 186 cm³/mol. The number of hydrogen-bond acceptors (Lipinski definition) is 3. The lowest BCUT2D eigenvalue weighted by atomic mass is 9.98. The number of nitrogens with zero attached hydrogens (tertiary/aromatic N) is 3. The second kappa shape index (κ2) is 10.0. The van der Waals surface area contributed by atoms with Crippen LogP contribution in [-0.2, 0) is 0 Å². The van der Waals surface area contributed by atoms with E-state index >= 15 is 0 Å². The van der Waals surface area contributed by atoms with Gasteiger partial charge in [-0.3, -0.25) is 0 Å². The minimum absolute atomic E-state index is 0.740. The van der Waals surface area contributed by atoms with Crippen LogP contribution in [0.15, 0.2) is 152 Å². The number of thiophene rings is 1. The van der Waals surface area contributed by atoms with E-state index in [0.717, 1.165) is 49.7 Å². The second-order valence-electron chi connectivity index (χ2n) is 11.0. The summed E-state index contributed by atoms with van der Waals surface area (Å²) in [7, 11) is 0. The van der Waals surface area contributed by atoms with Crippen LogP contribution in [0.5, 0.6) is 0 Å². The van der Waals surface area contributed by atoms with E-state index in [9.17, 15) is 0 Å². The highest BCUT2D eigenvalue weighted by Crippen LogP contribution is 2.42. The molecule has 0 atom stereocenters. The highest BCUT2D eigenvalue weighted by molar-refractivity contribution is 7.26. The van der Waals surface area contributed by atoms with Crippen LogP contribution in [0.25, 0.3) is 81.6 Å². The number of para-hydroxylation sites is 2. The normalized spacial score (nSPS) is 11.6. The van der Waals surface area contributed by atoms with Gasteiger partial charge in [-0.15, -0.1) is 11.3 Å². The van der Waals surface area contributed by atoms with Crippen molar-refractivity contribution in [3.63, 3.8) is 0 Å². The fraction of sp³-hybridized carbons (Fsp3) is 0. The van der Waals surface area contributed by atoms with E-state index in [2.05, 4.69) is 138 Å². The Balaban J connectivity index is 1.36. The molecule has 0 saturated carbocycles. The van der Waals surface area contributed by atoms with Gasteiger partial charge in [0.25, 0.3) is 0 Å². The van der Waals surface area contributed by atoms with Crippen LogP contribution in [0.4, 0.5) is 0 Å². The highest BCUT2D eigenvalue weighted by Gasteiger charge is 2.20. The van der Waals surface area contributed by atoms with Crippen LogP contribution in [0, 0.1) is 0 Å². The monoisotopic (exact) mass is 579 g/mol. The third-order valence-corrected chi connectivity index (χ3v) is 9.59. The molecule has 0 amide bonds. The zero-order valence-corrected chi connectivity index (χ0v) is 24.5. The summed E-state index contributed by atoms with van der Waals surface area (Å²) >= 11 is 1.76. The van der Waals surface area contributed by atoms with Gasteiger partial charge in [-0.1, -0.05) is 121 Å². The van der Waals surface area contributed by atoms with E-state index in [1.165, 1.54) is 31.9 Å². The van der Waals surface area contributed by atoms with Crippen LogP contribution < -0.4 is 0 Å². The smallest absolute Gasteiger partial charge is 0.160 e. The molecule has 3 heterocycles. The number of benzene rings is 6. The molecule has 4 heteroatoms. The minimum atomic E-state index is 0.740. The molecule has 0 N–H and O–H groups in total. The molecule has 0 fully saturated rings. The molecule has 0 aliphatic carbocycles. The molecular weight excluding hydrogens is 555 g/mol. The first-order chi connectivity index (χ1) is 21.8. The van der Waals surface area contributed by atoms with Crippen molar-refractivity contribution >= 4 is 53.4 Å². The molecule has 0 spiro atoms. The van der Waals surface area contributed by atoms with Crippen molar-refractivity contribution in [3.05, 3.63) is 152 Å². The summed E-state index contributed by atoms with van der Waals surface area (Å²) in [6.45, 7) is 0. The largest absolute Gasteiger partial charge is 0.309 e. The SMILES string of the molecule is c1ccc(-c2nc(-c3ccc(-n4c5ccccc5c5ccccc54)c(-c4ccccc4)c3)c3sc4ccccc4c3n2)cc1. The fourth-order valence-electron chi connectivity index (χ4n) is 6.41. The van der Waals surface area contributed by atoms with E-state index in [4.69, 9.17) is 9.97 Å². The van der Waals surface area contributed by atoms with Crippen molar-refractivity contribution in [2.45, 2.75) is 0 Å². The Labute approximate surface area is 258 Å². The van der Waals surface area contributed by atoms with Crippen LogP contribution in [-0.4, -0.2) is 14.5 Å². The van der Waals surface area contributed by atoms with E-state index < -0.39 is 0 Å². The van der Waals surface area contributed by atoms with Gasteiger partial charge in [0, 0.05) is 37.5 Å². The average Bonchev–Trinajstić information content (AvgIpc) is 3.64. The van der Waals surface area contributed by atoms with Crippen LogP contribution in [0.3, 0.4) is 0 Å². The Hall–Kier alpha value is -5.58. The van der Waals surface area contributed by atoms with Gasteiger partial charge in [0.1, 0.15) is 0 Å². The van der Waals surface area contributed by atoms with Gasteiger partial charge in [-0.2, -0.15) is 0 Å². The summed E-state index contributed by atoms with van der Waals surface area (Å²) in [5.74, 6) is 0.740. The van der Waals surface area contributed by atoms with Gasteiger partial charge >= 0.3 is 0 Å². The molecule has 44 heavy (non-hydrogen) atoms. The lowest BCUT2D eigenvalue weighted by Gasteiger charge is -2.16. The van der Waals surface area contributed by atoms with E-state index in [-0.39, 0.29) is 0 Å². The van der Waals surface area contributed by atoms with Crippen molar-refractivity contribution in [2.24, 2.45) is 0 Å². The van der Waals surface area contributed by atoms with Gasteiger partial charge in [0.15, 0.2) is 5.82 Å². The maximum absolute atomic E-state index is 5.26. The quantitative estimate of drug-likeness (QED) is 0.208. The summed E-state index contributed by atoms with van der Waals surface area (Å²) in [6.07, 6.45) is 0. The van der Waals surface area contributed by atoms with E-state index in [1.807, 2.05) is 18.2 Å². The zero-order chi connectivity index (χ0) is 29.0. The molecular formula is C40H25N3S. The van der Waals surface area contributed by atoms with E-state index in [1.54, 1.807) is 11.3 Å². The minimum Gasteiger partial charge on any atom is -0.309 e. The average molecular weight is 580 g/mol. The maximum atomic E-state index is 5.26. The molecule has 0 bridgehead atoms. The first-order valence-corrected chi connectivity index (χ1v) is 15.6. The molecule has 3 aromatic heterocycles.